The molecular formula is C16H28N2O6. The summed E-state index contributed by atoms with van der Waals surface area (Å²) in [4.78, 5) is 26.6. The Morgan fingerprint density at radius 1 is 0.792 bits per heavy atom. The van der Waals surface area contributed by atoms with Gasteiger partial charge in [0.15, 0.2) is 0 Å². The van der Waals surface area contributed by atoms with E-state index >= 15 is 0 Å². The van der Waals surface area contributed by atoms with Gasteiger partial charge in [-0.05, 0) is 39.5 Å². The molecule has 0 radical (unpaired) electrons. The molecule has 138 valence electrons. The monoisotopic (exact) mass is 344 g/mol. The number of rotatable bonds is 3. The molecule has 2 saturated heterocycles. The highest BCUT2D eigenvalue weighted by molar-refractivity contribution is 5.68. The van der Waals surface area contributed by atoms with E-state index in [4.69, 9.17) is 9.47 Å². The fourth-order valence-electron chi connectivity index (χ4n) is 3.48. The number of ether oxygens (including phenoxy) is 2. The van der Waals surface area contributed by atoms with Crippen LogP contribution in [-0.2, 0) is 9.47 Å². The molecule has 2 amide bonds. The first-order valence-corrected chi connectivity index (χ1v) is 8.63. The Morgan fingerprint density at radius 3 is 1.33 bits per heavy atom. The van der Waals surface area contributed by atoms with Crippen molar-refractivity contribution in [1.29, 1.82) is 0 Å². The number of amides is 2. The molecule has 2 aliphatic heterocycles. The Morgan fingerprint density at radius 2 is 1.08 bits per heavy atom. The van der Waals surface area contributed by atoms with Crippen LogP contribution >= 0.6 is 0 Å². The van der Waals surface area contributed by atoms with Gasteiger partial charge in [-0.1, -0.05) is 0 Å². The maximum atomic E-state index is 11.7. The fourth-order valence-corrected chi connectivity index (χ4v) is 3.48. The van der Waals surface area contributed by atoms with Crippen LogP contribution in [0.25, 0.3) is 0 Å². The number of hydrogen-bond acceptors (Lipinski definition) is 6. The molecule has 0 aromatic carbocycles. The standard InChI is InChI=1S/C16H28N2O6/c1-3-23-13(19)17-9-5-15(21,6-10-17)16(22)7-11-18(12-8-16)14(20)24-4-2/h21-22H,3-12H2,1-2H3. The third-order valence-electron chi connectivity index (χ3n) is 5.10. The SMILES string of the molecule is CCOC(=O)N1CCC(O)(C2(O)CCN(C(=O)OCC)CC2)CC1. The summed E-state index contributed by atoms with van der Waals surface area (Å²) in [6.45, 7) is 5.51. The van der Waals surface area contributed by atoms with Gasteiger partial charge in [-0.15, -0.1) is 0 Å². The molecule has 0 saturated carbocycles. The zero-order valence-electron chi connectivity index (χ0n) is 14.5. The van der Waals surface area contributed by atoms with Crippen molar-refractivity contribution in [3.05, 3.63) is 0 Å². The Labute approximate surface area is 142 Å². The third-order valence-corrected chi connectivity index (χ3v) is 5.10. The minimum absolute atomic E-state index is 0.293. The number of aliphatic hydroxyl groups is 2. The molecule has 2 aliphatic rings. The summed E-state index contributed by atoms with van der Waals surface area (Å²) in [5, 5.41) is 21.9. The van der Waals surface area contributed by atoms with Crippen LogP contribution in [0.5, 0.6) is 0 Å². The van der Waals surface area contributed by atoms with Crippen molar-refractivity contribution >= 4 is 12.2 Å². The predicted octanol–water partition coefficient (Wildman–Crippen LogP) is 0.953. The predicted molar refractivity (Wildman–Crippen MR) is 85.6 cm³/mol. The van der Waals surface area contributed by atoms with E-state index in [-0.39, 0.29) is 12.2 Å². The van der Waals surface area contributed by atoms with Crippen LogP contribution < -0.4 is 0 Å². The third kappa shape index (κ3) is 3.75. The first kappa shape index (κ1) is 18.8. The van der Waals surface area contributed by atoms with Gasteiger partial charge in [0.05, 0.1) is 24.4 Å². The second-order valence-corrected chi connectivity index (χ2v) is 6.44. The minimum atomic E-state index is -1.25. The van der Waals surface area contributed by atoms with E-state index in [1.807, 2.05) is 0 Å². The van der Waals surface area contributed by atoms with Crippen molar-refractivity contribution in [3.8, 4) is 0 Å². The minimum Gasteiger partial charge on any atom is -0.450 e. The number of carbonyl (C=O) groups excluding carboxylic acids is 2. The van der Waals surface area contributed by atoms with Crippen molar-refractivity contribution in [2.24, 2.45) is 0 Å². The van der Waals surface area contributed by atoms with Gasteiger partial charge in [-0.25, -0.2) is 9.59 Å². The highest BCUT2D eigenvalue weighted by Crippen LogP contribution is 2.40. The molecule has 8 nitrogen and oxygen atoms in total. The van der Waals surface area contributed by atoms with Crippen LogP contribution in [0.1, 0.15) is 39.5 Å². The number of piperidine rings is 2. The van der Waals surface area contributed by atoms with Gasteiger partial charge < -0.3 is 29.5 Å². The second kappa shape index (κ2) is 7.57. The number of nitrogens with zero attached hydrogens (tertiary/aromatic N) is 2. The lowest BCUT2D eigenvalue weighted by Gasteiger charge is -2.50. The van der Waals surface area contributed by atoms with Crippen LogP contribution in [0.3, 0.4) is 0 Å². The molecule has 0 aromatic rings. The van der Waals surface area contributed by atoms with Gasteiger partial charge in [0, 0.05) is 26.2 Å². The largest absolute Gasteiger partial charge is 0.450 e. The molecule has 2 N–H and O–H groups in total. The molecule has 0 aromatic heterocycles. The summed E-state index contributed by atoms with van der Waals surface area (Å²) in [7, 11) is 0. The summed E-state index contributed by atoms with van der Waals surface area (Å²) < 4.78 is 9.94. The lowest BCUT2D eigenvalue weighted by atomic mass is 9.71. The smallest absolute Gasteiger partial charge is 0.409 e. The van der Waals surface area contributed by atoms with Crippen LogP contribution in [-0.4, -0.2) is 82.8 Å². The van der Waals surface area contributed by atoms with E-state index in [1.165, 1.54) is 0 Å². The maximum Gasteiger partial charge on any atom is 0.409 e. The van der Waals surface area contributed by atoms with E-state index in [2.05, 4.69) is 0 Å². The number of carbonyl (C=O) groups is 2. The van der Waals surface area contributed by atoms with Gasteiger partial charge in [0.25, 0.3) is 0 Å². The summed E-state index contributed by atoms with van der Waals surface area (Å²) >= 11 is 0. The molecule has 2 fully saturated rings. The first-order chi connectivity index (χ1) is 11.3. The summed E-state index contributed by atoms with van der Waals surface area (Å²) in [5.74, 6) is 0. The van der Waals surface area contributed by atoms with E-state index in [0.29, 0.717) is 65.1 Å². The second-order valence-electron chi connectivity index (χ2n) is 6.44. The zero-order chi connectivity index (χ0) is 17.8. The van der Waals surface area contributed by atoms with Crippen LogP contribution in [0, 0.1) is 0 Å². The van der Waals surface area contributed by atoms with Crippen molar-refractivity contribution < 1.29 is 29.3 Å². The van der Waals surface area contributed by atoms with E-state index < -0.39 is 11.2 Å². The molecule has 2 heterocycles. The summed E-state index contributed by atoms with van der Waals surface area (Å²) in [5.41, 5.74) is -2.51. The van der Waals surface area contributed by atoms with Gasteiger partial charge >= 0.3 is 12.2 Å². The van der Waals surface area contributed by atoms with Gasteiger partial charge in [0.2, 0.25) is 0 Å². The number of likely N-dealkylation sites (tertiary alicyclic amines) is 2. The molecule has 0 unspecified atom stereocenters. The Hall–Kier alpha value is -1.54. The number of hydrogen-bond donors (Lipinski definition) is 2. The van der Waals surface area contributed by atoms with E-state index in [9.17, 15) is 19.8 Å². The quantitative estimate of drug-likeness (QED) is 0.791. The van der Waals surface area contributed by atoms with Crippen molar-refractivity contribution in [3.63, 3.8) is 0 Å². The summed E-state index contributed by atoms with van der Waals surface area (Å²) in [6.07, 6.45) is 0.403. The lowest BCUT2D eigenvalue weighted by molar-refractivity contribution is -0.190. The fraction of sp³-hybridized carbons (Fsp3) is 0.875. The molecule has 0 aliphatic carbocycles. The zero-order valence-corrected chi connectivity index (χ0v) is 14.5. The average Bonchev–Trinajstić information content (AvgIpc) is 2.56. The Balaban J connectivity index is 1.92. The van der Waals surface area contributed by atoms with E-state index in [0.717, 1.165) is 0 Å². The molecule has 8 heteroatoms. The molecule has 24 heavy (non-hydrogen) atoms. The van der Waals surface area contributed by atoms with Crippen LogP contribution in [0.2, 0.25) is 0 Å². The molecule has 0 atom stereocenters. The van der Waals surface area contributed by atoms with Gasteiger partial charge in [0.1, 0.15) is 0 Å². The van der Waals surface area contributed by atoms with Crippen molar-refractivity contribution in [2.45, 2.75) is 50.7 Å². The van der Waals surface area contributed by atoms with Crippen LogP contribution in [0.4, 0.5) is 9.59 Å². The van der Waals surface area contributed by atoms with Gasteiger partial charge in [-0.2, -0.15) is 0 Å². The topological polar surface area (TPSA) is 99.5 Å². The molecule has 2 rings (SSSR count). The highest BCUT2D eigenvalue weighted by Gasteiger charge is 2.52. The van der Waals surface area contributed by atoms with Crippen molar-refractivity contribution in [1.82, 2.24) is 9.80 Å². The Bertz CT molecular complexity index is 411. The van der Waals surface area contributed by atoms with Gasteiger partial charge in [-0.3, -0.25) is 0 Å². The Kier molecular flexibility index (Phi) is 5.92. The van der Waals surface area contributed by atoms with Crippen LogP contribution in [0.15, 0.2) is 0 Å². The lowest BCUT2D eigenvalue weighted by Crippen LogP contribution is -2.63. The normalized spacial score (nSPS) is 22.8. The highest BCUT2D eigenvalue weighted by atomic mass is 16.6. The van der Waals surface area contributed by atoms with Crippen molar-refractivity contribution in [2.75, 3.05) is 39.4 Å². The molecular weight excluding hydrogens is 316 g/mol. The van der Waals surface area contributed by atoms with E-state index in [1.54, 1.807) is 23.6 Å². The maximum absolute atomic E-state index is 11.7. The molecule has 0 spiro atoms. The summed E-state index contributed by atoms with van der Waals surface area (Å²) in [6, 6.07) is 0. The first-order valence-electron chi connectivity index (χ1n) is 8.63. The average molecular weight is 344 g/mol. The molecule has 0 bridgehead atoms.